The van der Waals surface area contributed by atoms with Crippen LogP contribution in [0.2, 0.25) is 0 Å². The van der Waals surface area contributed by atoms with Gasteiger partial charge in [-0.15, -0.1) is 0 Å². The first kappa shape index (κ1) is 15.7. The molecule has 0 spiro atoms. The zero-order chi connectivity index (χ0) is 16.4. The molecular formula is C16H21N3O4. The molecule has 1 saturated heterocycles. The van der Waals surface area contributed by atoms with Gasteiger partial charge in [0.15, 0.2) is 0 Å². The van der Waals surface area contributed by atoms with E-state index in [0.29, 0.717) is 51.2 Å². The van der Waals surface area contributed by atoms with Crippen molar-refractivity contribution >= 4 is 12.0 Å². The maximum absolute atomic E-state index is 12.7. The summed E-state index contributed by atoms with van der Waals surface area (Å²) in [6.07, 6.45) is 3.74. The highest BCUT2D eigenvalue weighted by Gasteiger charge is 2.30. The first-order chi connectivity index (χ1) is 11.1. The van der Waals surface area contributed by atoms with Gasteiger partial charge >= 0.3 is 6.09 Å². The minimum atomic E-state index is -0.439. The summed E-state index contributed by atoms with van der Waals surface area (Å²) in [7, 11) is 0. The number of aliphatic hydroxyl groups is 1. The van der Waals surface area contributed by atoms with Crippen LogP contribution in [-0.4, -0.2) is 64.2 Å². The highest BCUT2D eigenvalue weighted by Crippen LogP contribution is 2.24. The van der Waals surface area contributed by atoms with Gasteiger partial charge in [0.25, 0.3) is 5.91 Å². The van der Waals surface area contributed by atoms with Crippen LogP contribution in [-0.2, 0) is 17.7 Å². The number of hydrogen-bond donors (Lipinski definition) is 1. The number of aliphatic hydroxyl groups excluding tert-OH is 1. The van der Waals surface area contributed by atoms with Crippen LogP contribution in [0.15, 0.2) is 12.4 Å². The molecule has 0 aromatic carbocycles. The fraction of sp³-hybridized carbons (Fsp3) is 0.562. The summed E-state index contributed by atoms with van der Waals surface area (Å²) < 4.78 is 5.03. The van der Waals surface area contributed by atoms with Crippen molar-refractivity contribution in [3.63, 3.8) is 0 Å². The van der Waals surface area contributed by atoms with E-state index in [9.17, 15) is 14.7 Å². The first-order valence-corrected chi connectivity index (χ1v) is 7.95. The highest BCUT2D eigenvalue weighted by atomic mass is 16.6. The Morgan fingerprint density at radius 1 is 1.35 bits per heavy atom. The molecule has 1 atom stereocenters. The molecule has 2 amide bonds. The molecule has 1 N–H and O–H groups in total. The maximum atomic E-state index is 12.7. The molecule has 1 aromatic rings. The summed E-state index contributed by atoms with van der Waals surface area (Å²) in [5.74, 6) is -0.0875. The summed E-state index contributed by atoms with van der Waals surface area (Å²) in [6, 6.07) is 0. The van der Waals surface area contributed by atoms with E-state index in [2.05, 4.69) is 4.98 Å². The van der Waals surface area contributed by atoms with Crippen LogP contribution < -0.4 is 0 Å². The van der Waals surface area contributed by atoms with Crippen molar-refractivity contribution in [3.05, 3.63) is 29.1 Å². The third kappa shape index (κ3) is 3.14. The third-order valence-electron chi connectivity index (χ3n) is 4.35. The number of rotatable bonds is 2. The topological polar surface area (TPSA) is 83.0 Å². The molecule has 7 heteroatoms. The van der Waals surface area contributed by atoms with E-state index in [0.717, 1.165) is 11.1 Å². The molecule has 0 bridgehead atoms. The molecule has 0 aliphatic carbocycles. The van der Waals surface area contributed by atoms with Crippen LogP contribution in [0, 0.1) is 0 Å². The Morgan fingerprint density at radius 2 is 2.17 bits per heavy atom. The smallest absolute Gasteiger partial charge is 0.410 e. The standard InChI is InChI=1S/C16H21N3O4/c1-2-23-16(22)19-6-4-13-11(9-19)7-17-8-14(13)15(21)18-5-3-12(20)10-18/h7-8,12,20H,2-6,9-10H2,1H3. The fourth-order valence-corrected chi connectivity index (χ4v) is 3.15. The minimum absolute atomic E-state index is 0.0875. The number of hydrogen-bond acceptors (Lipinski definition) is 5. The van der Waals surface area contributed by atoms with Gasteiger partial charge in [-0.3, -0.25) is 9.78 Å². The van der Waals surface area contributed by atoms with Gasteiger partial charge in [0.05, 0.1) is 24.8 Å². The van der Waals surface area contributed by atoms with Crippen LogP contribution in [0.4, 0.5) is 4.79 Å². The molecule has 1 aromatic heterocycles. The number of carbonyl (C=O) groups excluding carboxylic acids is 2. The molecule has 0 radical (unpaired) electrons. The Bertz CT molecular complexity index is 619. The first-order valence-electron chi connectivity index (χ1n) is 7.95. The van der Waals surface area contributed by atoms with Gasteiger partial charge < -0.3 is 19.6 Å². The lowest BCUT2D eigenvalue weighted by atomic mass is 9.96. The number of carbonyl (C=O) groups is 2. The lowest BCUT2D eigenvalue weighted by Gasteiger charge is -2.29. The van der Waals surface area contributed by atoms with Crippen LogP contribution >= 0.6 is 0 Å². The average Bonchev–Trinajstić information content (AvgIpc) is 3.00. The van der Waals surface area contributed by atoms with E-state index in [4.69, 9.17) is 4.74 Å². The van der Waals surface area contributed by atoms with Gasteiger partial charge in [0, 0.05) is 32.0 Å². The molecule has 3 heterocycles. The van der Waals surface area contributed by atoms with Gasteiger partial charge in [-0.1, -0.05) is 0 Å². The van der Waals surface area contributed by atoms with Gasteiger partial charge in [0.1, 0.15) is 0 Å². The molecule has 2 aliphatic heterocycles. The number of fused-ring (bicyclic) bond motifs is 1. The SMILES string of the molecule is CCOC(=O)N1CCc2c(cncc2C(=O)N2CCC(O)C2)C1. The zero-order valence-electron chi connectivity index (χ0n) is 13.2. The second-order valence-corrected chi connectivity index (χ2v) is 5.89. The lowest BCUT2D eigenvalue weighted by molar-refractivity contribution is 0.0762. The number of ether oxygens (including phenoxy) is 1. The molecular weight excluding hydrogens is 298 g/mol. The van der Waals surface area contributed by atoms with Gasteiger partial charge in [-0.25, -0.2) is 4.79 Å². The monoisotopic (exact) mass is 319 g/mol. The van der Waals surface area contributed by atoms with Crippen molar-refractivity contribution in [1.82, 2.24) is 14.8 Å². The Labute approximate surface area is 134 Å². The van der Waals surface area contributed by atoms with Gasteiger partial charge in [0.2, 0.25) is 0 Å². The van der Waals surface area contributed by atoms with Crippen molar-refractivity contribution in [2.75, 3.05) is 26.2 Å². The van der Waals surface area contributed by atoms with E-state index in [-0.39, 0.29) is 12.0 Å². The largest absolute Gasteiger partial charge is 0.450 e. The molecule has 1 fully saturated rings. The predicted octanol–water partition coefficient (Wildman–Crippen LogP) is 0.803. The third-order valence-corrected chi connectivity index (χ3v) is 4.35. The van der Waals surface area contributed by atoms with Crippen molar-refractivity contribution in [3.8, 4) is 0 Å². The minimum Gasteiger partial charge on any atom is -0.450 e. The summed E-state index contributed by atoms with van der Waals surface area (Å²) in [6.45, 7) is 3.99. The zero-order valence-corrected chi connectivity index (χ0v) is 13.2. The van der Waals surface area contributed by atoms with E-state index in [1.807, 2.05) is 0 Å². The fourth-order valence-electron chi connectivity index (χ4n) is 3.15. The average molecular weight is 319 g/mol. The Balaban J connectivity index is 1.79. The Hall–Kier alpha value is -2.15. The number of amides is 2. The van der Waals surface area contributed by atoms with Gasteiger partial charge in [-0.2, -0.15) is 0 Å². The normalized spacial score (nSPS) is 20.3. The highest BCUT2D eigenvalue weighted by molar-refractivity contribution is 5.96. The van der Waals surface area contributed by atoms with E-state index in [1.54, 1.807) is 29.1 Å². The predicted molar refractivity (Wildman–Crippen MR) is 81.9 cm³/mol. The van der Waals surface area contributed by atoms with Crippen LogP contribution in [0.3, 0.4) is 0 Å². The summed E-state index contributed by atoms with van der Waals surface area (Å²) in [4.78, 5) is 32.0. The van der Waals surface area contributed by atoms with Crippen molar-refractivity contribution in [2.45, 2.75) is 32.4 Å². The number of likely N-dealkylation sites (tertiary alicyclic amines) is 1. The molecule has 7 nitrogen and oxygen atoms in total. The molecule has 1 unspecified atom stereocenters. The summed E-state index contributed by atoms with van der Waals surface area (Å²) in [5, 5.41) is 9.61. The number of β-amino-alcohol motifs (C(OH)–C–C–N with tert-alkyl or cyclic N) is 1. The van der Waals surface area contributed by atoms with Crippen molar-refractivity contribution in [2.24, 2.45) is 0 Å². The Kier molecular flexibility index (Phi) is 4.47. The summed E-state index contributed by atoms with van der Waals surface area (Å²) in [5.41, 5.74) is 2.42. The molecule has 3 rings (SSSR count). The van der Waals surface area contributed by atoms with E-state index < -0.39 is 6.10 Å². The quantitative estimate of drug-likeness (QED) is 0.872. The molecule has 0 saturated carbocycles. The Morgan fingerprint density at radius 3 is 2.87 bits per heavy atom. The molecule has 2 aliphatic rings. The van der Waals surface area contributed by atoms with Gasteiger partial charge in [-0.05, 0) is 30.9 Å². The second-order valence-electron chi connectivity index (χ2n) is 5.89. The summed E-state index contributed by atoms with van der Waals surface area (Å²) >= 11 is 0. The number of nitrogens with zero attached hydrogens (tertiary/aromatic N) is 3. The van der Waals surface area contributed by atoms with Crippen LogP contribution in [0.5, 0.6) is 0 Å². The number of pyridine rings is 1. The molecule has 124 valence electrons. The second kappa shape index (κ2) is 6.54. The maximum Gasteiger partial charge on any atom is 0.410 e. The van der Waals surface area contributed by atoms with Crippen LogP contribution in [0.1, 0.15) is 34.8 Å². The van der Waals surface area contributed by atoms with Crippen LogP contribution in [0.25, 0.3) is 0 Å². The van der Waals surface area contributed by atoms with Crippen molar-refractivity contribution in [1.29, 1.82) is 0 Å². The van der Waals surface area contributed by atoms with E-state index in [1.165, 1.54) is 0 Å². The molecule has 23 heavy (non-hydrogen) atoms. The van der Waals surface area contributed by atoms with E-state index >= 15 is 0 Å². The lowest BCUT2D eigenvalue weighted by Crippen LogP contribution is -2.38. The number of aromatic nitrogens is 1. The van der Waals surface area contributed by atoms with Crippen molar-refractivity contribution < 1.29 is 19.4 Å².